The first-order valence-electron chi connectivity index (χ1n) is 8.76. The number of benzene rings is 1. The molecule has 5 rings (SSSR count). The van der Waals surface area contributed by atoms with E-state index in [2.05, 4.69) is 29.9 Å². The average molecular weight is 445 g/mol. The van der Waals surface area contributed by atoms with Gasteiger partial charge < -0.3 is 9.84 Å². The first-order chi connectivity index (χ1) is 15.3. The summed E-state index contributed by atoms with van der Waals surface area (Å²) in [6.07, 6.45) is -1.67. The van der Waals surface area contributed by atoms with Crippen LogP contribution in [0.2, 0.25) is 0 Å². The SMILES string of the molecule is O=C(O)C(F)(F)F.O=C1c2nc3nonc3nc2-c2cccc(OCc3cccnc3)c21. The van der Waals surface area contributed by atoms with E-state index >= 15 is 0 Å². The third-order valence-corrected chi connectivity index (χ3v) is 4.20. The summed E-state index contributed by atoms with van der Waals surface area (Å²) in [5.74, 6) is -2.52. The Balaban J connectivity index is 0.000000307. The first kappa shape index (κ1) is 20.8. The van der Waals surface area contributed by atoms with Crippen LogP contribution in [-0.4, -0.2) is 48.3 Å². The largest absolute Gasteiger partial charge is 0.490 e. The number of rotatable bonds is 3. The molecule has 13 heteroatoms. The Morgan fingerprint density at radius 2 is 1.75 bits per heavy atom. The van der Waals surface area contributed by atoms with Gasteiger partial charge in [-0.1, -0.05) is 18.2 Å². The van der Waals surface area contributed by atoms with Gasteiger partial charge in [-0.2, -0.15) is 13.2 Å². The van der Waals surface area contributed by atoms with Crippen LogP contribution in [0.1, 0.15) is 21.6 Å². The van der Waals surface area contributed by atoms with Gasteiger partial charge in [0.2, 0.25) is 17.1 Å². The maximum atomic E-state index is 12.8. The molecular weight excluding hydrogens is 435 g/mol. The molecule has 0 saturated carbocycles. The van der Waals surface area contributed by atoms with Crippen molar-refractivity contribution in [1.82, 2.24) is 25.3 Å². The Morgan fingerprint density at radius 3 is 2.38 bits per heavy atom. The van der Waals surface area contributed by atoms with E-state index in [1.165, 1.54) is 0 Å². The van der Waals surface area contributed by atoms with Crippen LogP contribution in [0.25, 0.3) is 22.6 Å². The molecule has 0 radical (unpaired) electrons. The molecule has 0 fully saturated rings. The van der Waals surface area contributed by atoms with Crippen LogP contribution in [0.4, 0.5) is 13.2 Å². The molecule has 0 spiro atoms. The number of carbonyl (C=O) groups is 2. The molecule has 0 aliphatic heterocycles. The molecule has 32 heavy (non-hydrogen) atoms. The van der Waals surface area contributed by atoms with Crippen molar-refractivity contribution in [2.24, 2.45) is 0 Å². The number of carboxylic acids is 1. The smallest absolute Gasteiger partial charge is 0.488 e. The number of ketones is 1. The lowest BCUT2D eigenvalue weighted by atomic mass is 10.1. The summed E-state index contributed by atoms with van der Waals surface area (Å²) < 4.78 is 42.2. The Hall–Kier alpha value is -4.42. The predicted molar refractivity (Wildman–Crippen MR) is 98.5 cm³/mol. The fraction of sp³-hybridized carbons (Fsp3) is 0.105. The number of alkyl halides is 3. The van der Waals surface area contributed by atoms with Gasteiger partial charge >= 0.3 is 12.1 Å². The normalized spacial score (nSPS) is 12.0. The van der Waals surface area contributed by atoms with Gasteiger partial charge in [-0.3, -0.25) is 9.78 Å². The fourth-order valence-corrected chi connectivity index (χ4v) is 2.83. The molecule has 0 amide bonds. The minimum absolute atomic E-state index is 0.206. The van der Waals surface area contributed by atoms with Crippen molar-refractivity contribution in [3.05, 3.63) is 59.5 Å². The molecular formula is C19H10F3N5O5. The van der Waals surface area contributed by atoms with Crippen LogP contribution < -0.4 is 4.74 Å². The van der Waals surface area contributed by atoms with Crippen molar-refractivity contribution in [3.8, 4) is 17.0 Å². The van der Waals surface area contributed by atoms with Crippen LogP contribution in [0.15, 0.2) is 47.4 Å². The molecule has 3 heterocycles. The second-order valence-corrected chi connectivity index (χ2v) is 6.29. The van der Waals surface area contributed by atoms with E-state index in [1.807, 2.05) is 24.3 Å². The second kappa shape index (κ2) is 8.02. The quantitative estimate of drug-likeness (QED) is 0.441. The van der Waals surface area contributed by atoms with Crippen LogP contribution in [0.3, 0.4) is 0 Å². The standard InChI is InChI=1S/C17H9N5O3.C2HF3O2/c23-15-12-10(13-14(15)20-17-16(19-13)21-25-22-17)4-1-5-11(12)24-8-9-3-2-6-18-7-9;3-2(4,5)1(6)7/h1-7H,8H2;(H,6,7). The van der Waals surface area contributed by atoms with Crippen molar-refractivity contribution < 1.29 is 37.2 Å². The minimum Gasteiger partial charge on any atom is -0.488 e. The number of aliphatic carboxylic acids is 1. The number of hydrogen-bond acceptors (Lipinski definition) is 9. The highest BCUT2D eigenvalue weighted by molar-refractivity contribution is 6.21. The first-order valence-corrected chi connectivity index (χ1v) is 8.76. The lowest BCUT2D eigenvalue weighted by Gasteiger charge is -2.09. The summed E-state index contributed by atoms with van der Waals surface area (Å²) in [6.45, 7) is 0.309. The van der Waals surface area contributed by atoms with E-state index in [4.69, 9.17) is 14.6 Å². The Labute approximate surface area is 175 Å². The lowest BCUT2D eigenvalue weighted by molar-refractivity contribution is -0.192. The third-order valence-electron chi connectivity index (χ3n) is 4.20. The van der Waals surface area contributed by atoms with Crippen LogP contribution in [0.5, 0.6) is 5.75 Å². The maximum Gasteiger partial charge on any atom is 0.490 e. The monoisotopic (exact) mass is 445 g/mol. The van der Waals surface area contributed by atoms with Gasteiger partial charge in [0.15, 0.2) is 0 Å². The van der Waals surface area contributed by atoms with Crippen LogP contribution in [-0.2, 0) is 11.4 Å². The Morgan fingerprint density at radius 1 is 1.06 bits per heavy atom. The van der Waals surface area contributed by atoms with Gasteiger partial charge in [-0.15, -0.1) is 0 Å². The van der Waals surface area contributed by atoms with Crippen molar-refractivity contribution in [2.75, 3.05) is 0 Å². The summed E-state index contributed by atoms with van der Waals surface area (Å²) in [6, 6.07) is 9.12. The van der Waals surface area contributed by atoms with Crippen LogP contribution in [0, 0.1) is 0 Å². The number of pyridine rings is 1. The molecule has 1 aromatic carbocycles. The van der Waals surface area contributed by atoms with Gasteiger partial charge in [0, 0.05) is 23.5 Å². The number of nitrogens with zero attached hydrogens (tertiary/aromatic N) is 5. The highest BCUT2D eigenvalue weighted by Crippen LogP contribution is 2.39. The molecule has 0 saturated heterocycles. The molecule has 0 bridgehead atoms. The van der Waals surface area contributed by atoms with Crippen molar-refractivity contribution in [2.45, 2.75) is 12.8 Å². The number of carboxylic acid groups (broad SMARTS) is 1. The maximum absolute atomic E-state index is 12.8. The molecule has 162 valence electrons. The number of hydrogen-bond donors (Lipinski definition) is 1. The molecule has 3 aromatic heterocycles. The fourth-order valence-electron chi connectivity index (χ4n) is 2.83. The average Bonchev–Trinajstić information content (AvgIpc) is 3.34. The minimum atomic E-state index is -5.08. The summed E-state index contributed by atoms with van der Waals surface area (Å²) in [4.78, 5) is 34.3. The molecule has 0 unspecified atom stereocenters. The van der Waals surface area contributed by atoms with E-state index in [-0.39, 0.29) is 22.8 Å². The zero-order valence-corrected chi connectivity index (χ0v) is 15.7. The second-order valence-electron chi connectivity index (χ2n) is 6.29. The number of ether oxygens (including phenoxy) is 1. The third kappa shape index (κ3) is 3.95. The van der Waals surface area contributed by atoms with Crippen molar-refractivity contribution >= 4 is 23.0 Å². The van der Waals surface area contributed by atoms with E-state index in [9.17, 15) is 18.0 Å². The molecule has 0 atom stereocenters. The molecule has 4 aromatic rings. The molecule has 1 N–H and O–H groups in total. The summed E-state index contributed by atoms with van der Waals surface area (Å²) in [5, 5.41) is 14.5. The number of halogens is 3. The zero-order valence-electron chi connectivity index (χ0n) is 15.7. The Bertz CT molecular complexity index is 1320. The molecule has 10 nitrogen and oxygen atoms in total. The number of carbonyl (C=O) groups excluding carboxylic acids is 1. The molecule has 1 aliphatic carbocycles. The molecule has 1 aliphatic rings. The summed E-state index contributed by atoms with van der Waals surface area (Å²) >= 11 is 0. The predicted octanol–water partition coefficient (Wildman–Crippen LogP) is 2.83. The van der Waals surface area contributed by atoms with E-state index in [0.29, 0.717) is 29.2 Å². The van der Waals surface area contributed by atoms with Gasteiger partial charge in [-0.25, -0.2) is 19.4 Å². The van der Waals surface area contributed by atoms with Crippen molar-refractivity contribution in [1.29, 1.82) is 0 Å². The lowest BCUT2D eigenvalue weighted by Crippen LogP contribution is -2.21. The van der Waals surface area contributed by atoms with Gasteiger partial charge in [-0.05, 0) is 22.4 Å². The van der Waals surface area contributed by atoms with Gasteiger partial charge in [0.1, 0.15) is 23.7 Å². The van der Waals surface area contributed by atoms with E-state index < -0.39 is 12.1 Å². The number of aromatic nitrogens is 5. The highest BCUT2D eigenvalue weighted by Gasteiger charge is 2.38. The van der Waals surface area contributed by atoms with E-state index in [0.717, 1.165) is 5.56 Å². The Kier molecular flexibility index (Phi) is 5.22. The van der Waals surface area contributed by atoms with Crippen molar-refractivity contribution in [3.63, 3.8) is 0 Å². The van der Waals surface area contributed by atoms with E-state index in [1.54, 1.807) is 18.5 Å². The topological polar surface area (TPSA) is 141 Å². The van der Waals surface area contributed by atoms with Gasteiger partial charge in [0.25, 0.3) is 0 Å². The van der Waals surface area contributed by atoms with Gasteiger partial charge in [0.05, 0.1) is 5.56 Å². The summed E-state index contributed by atoms with van der Waals surface area (Å²) in [7, 11) is 0. The zero-order chi connectivity index (χ0) is 22.9. The number of fused-ring (bicyclic) bond motifs is 4. The highest BCUT2D eigenvalue weighted by atomic mass is 19.4. The summed E-state index contributed by atoms with van der Waals surface area (Å²) in [5.41, 5.74) is 3.20. The van der Waals surface area contributed by atoms with Crippen LogP contribution >= 0.6 is 0 Å².